The van der Waals surface area contributed by atoms with Crippen molar-refractivity contribution >= 4 is 11.8 Å². The topological polar surface area (TPSA) is 86.5 Å². The summed E-state index contributed by atoms with van der Waals surface area (Å²) in [7, 11) is 1.95. The number of pyridine rings is 1. The zero-order valence-corrected chi connectivity index (χ0v) is 19.3. The van der Waals surface area contributed by atoms with Gasteiger partial charge in [-0.25, -0.2) is 14.4 Å². The molecule has 174 valence electrons. The molecule has 0 spiro atoms. The Bertz CT molecular complexity index is 928. The van der Waals surface area contributed by atoms with Crippen molar-refractivity contribution in [1.82, 2.24) is 35.3 Å². The largest absolute Gasteiger partial charge is 0.355 e. The van der Waals surface area contributed by atoms with Gasteiger partial charge in [0, 0.05) is 45.0 Å². The lowest BCUT2D eigenvalue weighted by molar-refractivity contribution is 0.267. The van der Waals surface area contributed by atoms with E-state index in [-0.39, 0.29) is 11.9 Å². The summed E-state index contributed by atoms with van der Waals surface area (Å²) < 4.78 is 16.1. The third-order valence-corrected chi connectivity index (χ3v) is 6.54. The minimum Gasteiger partial charge on any atom is -0.355 e. The molecule has 2 fully saturated rings. The van der Waals surface area contributed by atoms with Gasteiger partial charge >= 0.3 is 0 Å². The minimum atomic E-state index is -0.279. The fourth-order valence-corrected chi connectivity index (χ4v) is 4.52. The van der Waals surface area contributed by atoms with E-state index in [9.17, 15) is 4.39 Å². The number of aromatic nitrogens is 4. The fourth-order valence-electron chi connectivity index (χ4n) is 4.52. The second kappa shape index (κ2) is 10.2. The van der Waals surface area contributed by atoms with Crippen LogP contribution in [-0.4, -0.2) is 75.4 Å². The second-order valence-electron chi connectivity index (χ2n) is 8.58. The maximum absolute atomic E-state index is 14.2. The molecule has 9 nitrogen and oxygen atoms in total. The number of likely N-dealkylation sites (N-methyl/N-ethyl adjacent to an activating group) is 1. The first kappa shape index (κ1) is 22.4. The van der Waals surface area contributed by atoms with Crippen molar-refractivity contribution < 1.29 is 4.39 Å². The zero-order chi connectivity index (χ0) is 22.5. The second-order valence-corrected chi connectivity index (χ2v) is 8.58. The van der Waals surface area contributed by atoms with Crippen LogP contribution < -0.4 is 15.5 Å². The number of aryl methyl sites for hydroxylation is 1. The normalized spacial score (nSPS) is 22.0. The summed E-state index contributed by atoms with van der Waals surface area (Å²) in [5.41, 5.74) is 0. The van der Waals surface area contributed by atoms with Gasteiger partial charge in [0.2, 0.25) is 0 Å². The molecule has 2 N–H and O–H groups in total. The van der Waals surface area contributed by atoms with Gasteiger partial charge in [-0.05, 0) is 51.4 Å². The van der Waals surface area contributed by atoms with Gasteiger partial charge in [-0.15, -0.1) is 10.2 Å². The molecule has 0 amide bonds. The molecule has 2 aromatic rings. The Morgan fingerprint density at radius 2 is 2.16 bits per heavy atom. The number of hydrogen-bond acceptors (Lipinski definition) is 6. The highest BCUT2D eigenvalue weighted by Crippen LogP contribution is 2.21. The summed E-state index contributed by atoms with van der Waals surface area (Å²) in [5.74, 6) is 2.59. The molecule has 10 heteroatoms. The maximum Gasteiger partial charge on any atom is 0.192 e. The van der Waals surface area contributed by atoms with E-state index in [1.807, 2.05) is 23.4 Å². The molecular weight excluding hydrogens is 409 g/mol. The van der Waals surface area contributed by atoms with Gasteiger partial charge in [-0.2, -0.15) is 0 Å². The van der Waals surface area contributed by atoms with Crippen LogP contribution in [0, 0.1) is 12.7 Å². The number of aliphatic imine (C=N–C) groups is 1. The van der Waals surface area contributed by atoms with Gasteiger partial charge < -0.3 is 20.1 Å². The molecule has 2 aliphatic heterocycles. The van der Waals surface area contributed by atoms with Gasteiger partial charge in [0.1, 0.15) is 12.4 Å². The van der Waals surface area contributed by atoms with Crippen molar-refractivity contribution in [2.24, 2.45) is 12.0 Å². The highest BCUT2D eigenvalue weighted by Gasteiger charge is 2.27. The number of nitrogens with zero attached hydrogens (tertiary/aromatic N) is 7. The van der Waals surface area contributed by atoms with Gasteiger partial charge in [0.05, 0.1) is 0 Å². The quantitative estimate of drug-likeness (QED) is 0.495. The van der Waals surface area contributed by atoms with Crippen molar-refractivity contribution in [2.75, 3.05) is 37.6 Å². The van der Waals surface area contributed by atoms with Crippen molar-refractivity contribution in [3.05, 3.63) is 35.8 Å². The zero-order valence-electron chi connectivity index (χ0n) is 19.3. The first-order valence-corrected chi connectivity index (χ1v) is 11.5. The molecule has 2 aromatic heterocycles. The number of rotatable bonds is 7. The number of hydrogen-bond donors (Lipinski definition) is 2. The average Bonchev–Trinajstić information content (AvgIpc) is 3.52. The van der Waals surface area contributed by atoms with E-state index in [0.29, 0.717) is 24.9 Å². The SMILES string of the molecule is CCN1CCCC1CNC(=NCc1nnc(C)n1C)NC1CCN(c2ncccc2F)C1. The Kier molecular flexibility index (Phi) is 7.19. The molecule has 2 aliphatic rings. The van der Waals surface area contributed by atoms with Crippen LogP contribution >= 0.6 is 0 Å². The molecule has 32 heavy (non-hydrogen) atoms. The number of nitrogens with one attached hydrogen (secondary N) is 2. The molecule has 4 rings (SSSR count). The molecule has 0 aliphatic carbocycles. The molecule has 4 heterocycles. The minimum absolute atomic E-state index is 0.162. The van der Waals surface area contributed by atoms with Crippen LogP contribution in [0.1, 0.15) is 37.8 Å². The Morgan fingerprint density at radius 3 is 2.91 bits per heavy atom. The van der Waals surface area contributed by atoms with E-state index >= 15 is 0 Å². The third kappa shape index (κ3) is 5.17. The highest BCUT2D eigenvalue weighted by molar-refractivity contribution is 5.80. The molecule has 0 radical (unpaired) electrons. The van der Waals surface area contributed by atoms with Gasteiger partial charge in [0.25, 0.3) is 0 Å². The van der Waals surface area contributed by atoms with Crippen molar-refractivity contribution in [2.45, 2.75) is 51.7 Å². The van der Waals surface area contributed by atoms with Gasteiger partial charge in [-0.3, -0.25) is 4.90 Å². The lowest BCUT2D eigenvalue weighted by atomic mass is 10.2. The molecule has 0 saturated carbocycles. The predicted octanol–water partition coefficient (Wildman–Crippen LogP) is 1.46. The number of likely N-dealkylation sites (tertiary alicyclic amines) is 1. The molecular formula is C22H34FN9. The van der Waals surface area contributed by atoms with E-state index in [2.05, 4.69) is 37.6 Å². The number of guanidine groups is 1. The third-order valence-electron chi connectivity index (χ3n) is 6.54. The van der Waals surface area contributed by atoms with Gasteiger partial charge in [0.15, 0.2) is 23.4 Å². The Labute approximate surface area is 189 Å². The van der Waals surface area contributed by atoms with Crippen molar-refractivity contribution in [3.63, 3.8) is 0 Å². The molecule has 2 saturated heterocycles. The predicted molar refractivity (Wildman–Crippen MR) is 123 cm³/mol. The van der Waals surface area contributed by atoms with E-state index in [0.717, 1.165) is 50.2 Å². The summed E-state index contributed by atoms with van der Waals surface area (Å²) in [6, 6.07) is 3.76. The van der Waals surface area contributed by atoms with Crippen LogP contribution in [0.15, 0.2) is 23.3 Å². The Hall–Kier alpha value is -2.75. The van der Waals surface area contributed by atoms with Crippen LogP contribution in [0.3, 0.4) is 0 Å². The number of halogens is 1. The van der Waals surface area contributed by atoms with Crippen LogP contribution in [0.5, 0.6) is 0 Å². The van der Waals surface area contributed by atoms with Crippen LogP contribution in [0.4, 0.5) is 10.2 Å². The summed E-state index contributed by atoms with van der Waals surface area (Å²) in [6.07, 6.45) is 4.97. The van der Waals surface area contributed by atoms with E-state index in [4.69, 9.17) is 4.99 Å². The summed E-state index contributed by atoms with van der Waals surface area (Å²) >= 11 is 0. The summed E-state index contributed by atoms with van der Waals surface area (Å²) in [5, 5.41) is 15.5. The Balaban J connectivity index is 1.42. The van der Waals surface area contributed by atoms with Crippen LogP contribution in [0.25, 0.3) is 0 Å². The van der Waals surface area contributed by atoms with E-state index in [1.165, 1.54) is 18.9 Å². The fraction of sp³-hybridized carbons (Fsp3) is 0.636. The van der Waals surface area contributed by atoms with E-state index < -0.39 is 0 Å². The van der Waals surface area contributed by atoms with Crippen LogP contribution in [-0.2, 0) is 13.6 Å². The first-order valence-electron chi connectivity index (χ1n) is 11.5. The monoisotopic (exact) mass is 443 g/mol. The van der Waals surface area contributed by atoms with Gasteiger partial charge in [-0.1, -0.05) is 6.92 Å². The molecule has 2 unspecified atom stereocenters. The van der Waals surface area contributed by atoms with E-state index in [1.54, 1.807) is 12.3 Å². The molecule has 0 bridgehead atoms. The highest BCUT2D eigenvalue weighted by atomic mass is 19.1. The summed E-state index contributed by atoms with van der Waals surface area (Å²) in [6.45, 7) is 9.11. The van der Waals surface area contributed by atoms with Crippen LogP contribution in [0.2, 0.25) is 0 Å². The maximum atomic E-state index is 14.2. The standard InChI is InChI=1S/C22H34FN9/c1-4-31-11-6-7-18(31)13-25-22(26-14-20-29-28-16(2)30(20)3)27-17-9-12-32(15-17)21-19(23)8-5-10-24-21/h5,8,10,17-18H,4,6-7,9,11-15H2,1-3H3,(H2,25,26,27). The summed E-state index contributed by atoms with van der Waals surface area (Å²) in [4.78, 5) is 13.5. The molecule has 0 aromatic carbocycles. The van der Waals surface area contributed by atoms with Crippen molar-refractivity contribution in [1.29, 1.82) is 0 Å². The first-order chi connectivity index (χ1) is 15.5. The lowest BCUT2D eigenvalue weighted by Gasteiger charge is -2.25. The Morgan fingerprint density at radius 1 is 1.28 bits per heavy atom. The van der Waals surface area contributed by atoms with Crippen molar-refractivity contribution in [3.8, 4) is 0 Å². The molecule has 2 atom stereocenters. The lowest BCUT2D eigenvalue weighted by Crippen LogP contribution is -2.48. The average molecular weight is 444 g/mol. The number of anilines is 1. The smallest absolute Gasteiger partial charge is 0.192 e.